The topological polar surface area (TPSA) is 20.2 Å². The van der Waals surface area contributed by atoms with Gasteiger partial charge in [-0.1, -0.05) is 24.3 Å². The van der Waals surface area contributed by atoms with Crippen molar-refractivity contribution < 1.29 is 5.11 Å². The van der Waals surface area contributed by atoms with Gasteiger partial charge in [0.15, 0.2) is 0 Å². The van der Waals surface area contributed by atoms with E-state index in [1.54, 1.807) is 0 Å². The summed E-state index contributed by atoms with van der Waals surface area (Å²) in [7, 11) is 0. The zero-order valence-electron chi connectivity index (χ0n) is 10.1. The van der Waals surface area contributed by atoms with Crippen LogP contribution in [0.1, 0.15) is 30.9 Å². The Kier molecular flexibility index (Phi) is 3.60. The largest absolute Gasteiger partial charge is 0.391 e. The summed E-state index contributed by atoms with van der Waals surface area (Å²) in [6.07, 6.45) is 2.95. The number of aryl methyl sites for hydroxylation is 1. The normalized spacial score (nSPS) is 26.9. The molecule has 1 nitrogen and oxygen atoms in total. The number of rotatable bonds is 3. The molecule has 0 spiro atoms. The fraction of sp³-hybridized carbons (Fsp3) is 0.571. The minimum atomic E-state index is -0.221. The van der Waals surface area contributed by atoms with Crippen molar-refractivity contribution in [3.8, 4) is 0 Å². The van der Waals surface area contributed by atoms with Crippen molar-refractivity contribution in [3.63, 3.8) is 0 Å². The van der Waals surface area contributed by atoms with E-state index in [9.17, 15) is 5.11 Å². The van der Waals surface area contributed by atoms with E-state index in [4.69, 9.17) is 0 Å². The van der Waals surface area contributed by atoms with E-state index in [-0.39, 0.29) is 10.9 Å². The minimum Gasteiger partial charge on any atom is -0.391 e. The lowest BCUT2D eigenvalue weighted by Crippen LogP contribution is -2.35. The standard InChI is InChI=1S/C14H20OS/c1-11-6-3-4-7-12(11)10-13(15)14(2)8-5-9-16-14/h3-4,6-7,13,15H,5,8-10H2,1-2H3. The Morgan fingerprint density at radius 2 is 2.19 bits per heavy atom. The first-order chi connectivity index (χ1) is 7.62. The Labute approximate surface area is 102 Å². The maximum atomic E-state index is 10.4. The van der Waals surface area contributed by atoms with Crippen LogP contribution in [0.5, 0.6) is 0 Å². The summed E-state index contributed by atoms with van der Waals surface area (Å²) in [6, 6.07) is 8.35. The van der Waals surface area contributed by atoms with Gasteiger partial charge in [-0.2, -0.15) is 11.8 Å². The van der Waals surface area contributed by atoms with Crippen LogP contribution in [0.3, 0.4) is 0 Å². The molecule has 0 bridgehead atoms. The second-order valence-corrected chi connectivity index (χ2v) is 6.54. The van der Waals surface area contributed by atoms with Crippen molar-refractivity contribution in [1.29, 1.82) is 0 Å². The Hall–Kier alpha value is -0.470. The predicted octanol–water partition coefficient (Wildman–Crippen LogP) is 3.18. The van der Waals surface area contributed by atoms with Crippen molar-refractivity contribution in [1.82, 2.24) is 0 Å². The quantitative estimate of drug-likeness (QED) is 0.870. The molecule has 0 aromatic heterocycles. The number of aliphatic hydroxyl groups is 1. The fourth-order valence-electron chi connectivity index (χ4n) is 2.33. The maximum absolute atomic E-state index is 10.4. The van der Waals surface area contributed by atoms with Gasteiger partial charge in [-0.25, -0.2) is 0 Å². The second kappa shape index (κ2) is 4.80. The molecular weight excluding hydrogens is 216 g/mol. The molecule has 16 heavy (non-hydrogen) atoms. The van der Waals surface area contributed by atoms with Gasteiger partial charge < -0.3 is 5.11 Å². The van der Waals surface area contributed by atoms with E-state index in [2.05, 4.69) is 38.1 Å². The summed E-state index contributed by atoms with van der Waals surface area (Å²) in [5.74, 6) is 1.20. The van der Waals surface area contributed by atoms with Gasteiger partial charge in [0.2, 0.25) is 0 Å². The van der Waals surface area contributed by atoms with Crippen LogP contribution in [0.25, 0.3) is 0 Å². The molecule has 1 heterocycles. The first-order valence-electron chi connectivity index (χ1n) is 5.98. The van der Waals surface area contributed by atoms with Crippen LogP contribution in [0, 0.1) is 6.92 Å². The highest BCUT2D eigenvalue weighted by Gasteiger charge is 2.36. The number of aliphatic hydroxyl groups excluding tert-OH is 1. The lowest BCUT2D eigenvalue weighted by atomic mass is 9.92. The van der Waals surface area contributed by atoms with E-state index < -0.39 is 0 Å². The van der Waals surface area contributed by atoms with E-state index in [1.807, 2.05) is 11.8 Å². The van der Waals surface area contributed by atoms with Gasteiger partial charge >= 0.3 is 0 Å². The Morgan fingerprint density at radius 1 is 1.44 bits per heavy atom. The minimum absolute atomic E-state index is 0.0717. The molecule has 2 heteroatoms. The monoisotopic (exact) mass is 236 g/mol. The van der Waals surface area contributed by atoms with Crippen LogP contribution in [0.4, 0.5) is 0 Å². The van der Waals surface area contributed by atoms with E-state index >= 15 is 0 Å². The molecule has 2 atom stereocenters. The predicted molar refractivity (Wildman–Crippen MR) is 71.0 cm³/mol. The molecular formula is C14H20OS. The molecule has 1 fully saturated rings. The highest BCUT2D eigenvalue weighted by atomic mass is 32.2. The van der Waals surface area contributed by atoms with Crippen molar-refractivity contribution in [2.24, 2.45) is 0 Å². The molecule has 0 aliphatic carbocycles. The van der Waals surface area contributed by atoms with Crippen molar-refractivity contribution >= 4 is 11.8 Å². The van der Waals surface area contributed by atoms with Gasteiger partial charge in [-0.3, -0.25) is 0 Å². The number of thioether (sulfide) groups is 1. The Bertz CT molecular complexity index is 356. The van der Waals surface area contributed by atoms with Crippen LogP contribution in [0.2, 0.25) is 0 Å². The van der Waals surface area contributed by atoms with Crippen molar-refractivity contribution in [2.75, 3.05) is 5.75 Å². The van der Waals surface area contributed by atoms with Crippen LogP contribution in [0.15, 0.2) is 24.3 Å². The molecule has 2 unspecified atom stereocenters. The molecule has 1 aliphatic heterocycles. The molecule has 1 aliphatic rings. The summed E-state index contributed by atoms with van der Waals surface area (Å²) in [6.45, 7) is 4.32. The molecule has 1 saturated heterocycles. The van der Waals surface area contributed by atoms with E-state index in [1.165, 1.54) is 23.3 Å². The third-order valence-electron chi connectivity index (χ3n) is 3.63. The SMILES string of the molecule is Cc1ccccc1CC(O)C1(C)CCCS1. The fourth-order valence-corrected chi connectivity index (χ4v) is 3.65. The molecule has 0 radical (unpaired) electrons. The van der Waals surface area contributed by atoms with Crippen molar-refractivity contribution in [2.45, 2.75) is 44.0 Å². The van der Waals surface area contributed by atoms with Crippen LogP contribution < -0.4 is 0 Å². The van der Waals surface area contributed by atoms with Gasteiger partial charge in [0.25, 0.3) is 0 Å². The van der Waals surface area contributed by atoms with E-state index in [0.717, 1.165) is 12.8 Å². The van der Waals surface area contributed by atoms with Gasteiger partial charge in [-0.05, 0) is 50.0 Å². The molecule has 2 rings (SSSR count). The molecule has 0 saturated carbocycles. The molecule has 1 aromatic carbocycles. The zero-order valence-corrected chi connectivity index (χ0v) is 10.9. The molecule has 0 amide bonds. The van der Waals surface area contributed by atoms with Crippen molar-refractivity contribution in [3.05, 3.63) is 35.4 Å². The second-order valence-electron chi connectivity index (χ2n) is 4.91. The summed E-state index contributed by atoms with van der Waals surface area (Å²) in [4.78, 5) is 0. The average Bonchev–Trinajstić information content (AvgIpc) is 2.70. The lowest BCUT2D eigenvalue weighted by molar-refractivity contribution is 0.133. The molecule has 1 N–H and O–H groups in total. The van der Waals surface area contributed by atoms with Crippen LogP contribution in [-0.2, 0) is 6.42 Å². The third-order valence-corrected chi connectivity index (χ3v) is 5.26. The summed E-state index contributed by atoms with van der Waals surface area (Å²) < 4.78 is 0.0717. The zero-order chi connectivity index (χ0) is 11.6. The first-order valence-corrected chi connectivity index (χ1v) is 6.97. The first kappa shape index (κ1) is 12.0. The summed E-state index contributed by atoms with van der Waals surface area (Å²) in [5, 5.41) is 10.4. The molecule has 1 aromatic rings. The summed E-state index contributed by atoms with van der Waals surface area (Å²) in [5.41, 5.74) is 2.57. The van der Waals surface area contributed by atoms with Gasteiger partial charge in [0.1, 0.15) is 0 Å². The van der Waals surface area contributed by atoms with Crippen LogP contribution in [-0.4, -0.2) is 21.7 Å². The third kappa shape index (κ3) is 2.44. The lowest BCUT2D eigenvalue weighted by Gasteiger charge is -2.29. The molecule has 88 valence electrons. The van der Waals surface area contributed by atoms with Gasteiger partial charge in [0, 0.05) is 4.75 Å². The average molecular weight is 236 g/mol. The summed E-state index contributed by atoms with van der Waals surface area (Å²) >= 11 is 1.93. The highest BCUT2D eigenvalue weighted by Crippen LogP contribution is 2.41. The van der Waals surface area contributed by atoms with Gasteiger partial charge in [-0.15, -0.1) is 0 Å². The Balaban J connectivity index is 2.07. The highest BCUT2D eigenvalue weighted by molar-refractivity contribution is 8.00. The maximum Gasteiger partial charge on any atom is 0.0724 e. The van der Waals surface area contributed by atoms with Gasteiger partial charge in [0.05, 0.1) is 6.10 Å². The number of hydrogen-bond donors (Lipinski definition) is 1. The van der Waals surface area contributed by atoms with E-state index in [0.29, 0.717) is 0 Å². The number of benzene rings is 1. The Morgan fingerprint density at radius 3 is 2.81 bits per heavy atom. The van der Waals surface area contributed by atoms with Crippen LogP contribution >= 0.6 is 11.8 Å². The number of hydrogen-bond acceptors (Lipinski definition) is 2. The smallest absolute Gasteiger partial charge is 0.0724 e.